The van der Waals surface area contributed by atoms with Crippen molar-refractivity contribution >= 4 is 5.97 Å². The fourth-order valence-electron chi connectivity index (χ4n) is 2.49. The van der Waals surface area contributed by atoms with E-state index in [0.717, 1.165) is 25.7 Å². The molecule has 0 radical (unpaired) electrons. The zero-order valence-corrected chi connectivity index (χ0v) is 12.8. The number of esters is 1. The topological polar surface area (TPSA) is 56.8 Å². The van der Waals surface area contributed by atoms with Crippen LogP contribution in [-0.4, -0.2) is 50.6 Å². The summed E-state index contributed by atoms with van der Waals surface area (Å²) in [5, 5.41) is 3.48. The minimum Gasteiger partial charge on any atom is -0.468 e. The van der Waals surface area contributed by atoms with Gasteiger partial charge in [-0.15, -0.1) is 0 Å². The van der Waals surface area contributed by atoms with Gasteiger partial charge in [0.2, 0.25) is 0 Å². The Kier molecular flexibility index (Phi) is 5.41. The van der Waals surface area contributed by atoms with Crippen LogP contribution in [0.3, 0.4) is 0 Å². The molecule has 0 aromatic carbocycles. The molecule has 0 saturated heterocycles. The summed E-state index contributed by atoms with van der Waals surface area (Å²) in [6, 6.07) is 0.449. The molecule has 1 atom stereocenters. The van der Waals surface area contributed by atoms with Gasteiger partial charge < -0.3 is 14.2 Å². The summed E-state index contributed by atoms with van der Waals surface area (Å²) in [7, 11) is 1.45. The van der Waals surface area contributed by atoms with Gasteiger partial charge in [-0.2, -0.15) is 0 Å². The third kappa shape index (κ3) is 4.17. The zero-order chi connectivity index (χ0) is 14.6. The first-order valence-corrected chi connectivity index (χ1v) is 7.64. The van der Waals surface area contributed by atoms with Crippen LogP contribution in [0.15, 0.2) is 0 Å². The van der Waals surface area contributed by atoms with E-state index in [4.69, 9.17) is 14.2 Å². The first kappa shape index (κ1) is 15.7. The van der Waals surface area contributed by atoms with E-state index in [0.29, 0.717) is 31.8 Å². The van der Waals surface area contributed by atoms with Crippen LogP contribution in [0.1, 0.15) is 39.5 Å². The minimum absolute atomic E-state index is 0.184. The highest BCUT2D eigenvalue weighted by Gasteiger charge is 2.54. The van der Waals surface area contributed by atoms with E-state index in [-0.39, 0.29) is 12.1 Å². The molecule has 0 aromatic rings. The summed E-state index contributed by atoms with van der Waals surface area (Å²) in [6.45, 7) is 5.44. The fourth-order valence-corrected chi connectivity index (χ4v) is 2.49. The van der Waals surface area contributed by atoms with Crippen LogP contribution in [0.5, 0.6) is 0 Å². The highest BCUT2D eigenvalue weighted by Crippen LogP contribution is 2.42. The molecule has 116 valence electrons. The van der Waals surface area contributed by atoms with Gasteiger partial charge >= 0.3 is 5.97 Å². The van der Waals surface area contributed by atoms with Gasteiger partial charge in [-0.3, -0.25) is 5.32 Å². The van der Waals surface area contributed by atoms with Crippen LogP contribution < -0.4 is 5.32 Å². The standard InChI is InChI=1S/C15H27NO4/c1-11(2)20-9-8-19-10-15(12-4-5-12,14(17)18-3)16-13-6-7-13/h11-13,16H,4-10H2,1-3H3. The van der Waals surface area contributed by atoms with Gasteiger partial charge in [0.1, 0.15) is 5.54 Å². The molecular weight excluding hydrogens is 258 g/mol. The SMILES string of the molecule is COC(=O)C(COCCOC(C)C)(NC1CC1)C1CC1. The molecule has 20 heavy (non-hydrogen) atoms. The normalized spacial score (nSPS) is 21.8. The molecule has 2 saturated carbocycles. The van der Waals surface area contributed by atoms with E-state index >= 15 is 0 Å². The highest BCUT2D eigenvalue weighted by atomic mass is 16.5. The second kappa shape index (κ2) is 6.87. The average molecular weight is 285 g/mol. The Balaban J connectivity index is 1.86. The number of carbonyl (C=O) groups is 1. The van der Waals surface area contributed by atoms with Crippen molar-refractivity contribution in [1.82, 2.24) is 5.32 Å². The zero-order valence-electron chi connectivity index (χ0n) is 12.8. The summed E-state index contributed by atoms with van der Waals surface area (Å²) >= 11 is 0. The summed E-state index contributed by atoms with van der Waals surface area (Å²) in [5.74, 6) is 0.165. The van der Waals surface area contributed by atoms with Crippen molar-refractivity contribution in [1.29, 1.82) is 0 Å². The maximum absolute atomic E-state index is 12.3. The molecule has 2 fully saturated rings. The van der Waals surface area contributed by atoms with Crippen LogP contribution in [0.25, 0.3) is 0 Å². The van der Waals surface area contributed by atoms with Crippen LogP contribution in [0.2, 0.25) is 0 Å². The predicted molar refractivity (Wildman–Crippen MR) is 75.5 cm³/mol. The maximum atomic E-state index is 12.3. The largest absolute Gasteiger partial charge is 0.468 e. The van der Waals surface area contributed by atoms with Crippen molar-refractivity contribution < 1.29 is 19.0 Å². The van der Waals surface area contributed by atoms with E-state index in [1.165, 1.54) is 7.11 Å². The number of ether oxygens (including phenoxy) is 3. The van der Waals surface area contributed by atoms with E-state index in [2.05, 4.69) is 5.32 Å². The Morgan fingerprint density at radius 2 is 1.95 bits per heavy atom. The molecule has 0 aromatic heterocycles. The smallest absolute Gasteiger partial charge is 0.328 e. The minimum atomic E-state index is -0.645. The molecule has 2 aliphatic rings. The van der Waals surface area contributed by atoms with Crippen molar-refractivity contribution in [3.05, 3.63) is 0 Å². The lowest BCUT2D eigenvalue weighted by molar-refractivity contribution is -0.153. The van der Waals surface area contributed by atoms with E-state index in [1.54, 1.807) is 0 Å². The van der Waals surface area contributed by atoms with Gasteiger partial charge in [0.15, 0.2) is 0 Å². The molecule has 0 heterocycles. The van der Waals surface area contributed by atoms with E-state index < -0.39 is 5.54 Å². The van der Waals surface area contributed by atoms with Crippen molar-refractivity contribution in [2.75, 3.05) is 26.9 Å². The second-order valence-corrected chi connectivity index (χ2v) is 6.13. The Morgan fingerprint density at radius 1 is 1.25 bits per heavy atom. The molecule has 2 aliphatic carbocycles. The molecule has 0 spiro atoms. The number of rotatable bonds is 10. The molecule has 1 N–H and O–H groups in total. The molecule has 5 heteroatoms. The number of nitrogens with one attached hydrogen (secondary N) is 1. The Labute approximate surface area is 121 Å². The Morgan fingerprint density at radius 3 is 2.45 bits per heavy atom. The van der Waals surface area contributed by atoms with Crippen LogP contribution in [0.4, 0.5) is 0 Å². The predicted octanol–water partition coefficient (Wildman–Crippen LogP) is 1.50. The molecule has 5 nitrogen and oxygen atoms in total. The monoisotopic (exact) mass is 285 g/mol. The van der Waals surface area contributed by atoms with Gasteiger partial charge in [-0.25, -0.2) is 4.79 Å². The van der Waals surface area contributed by atoms with Gasteiger partial charge in [0.25, 0.3) is 0 Å². The average Bonchev–Trinajstić information content (AvgIpc) is 3.27. The summed E-state index contributed by atoms with van der Waals surface area (Å²) in [4.78, 5) is 12.3. The van der Waals surface area contributed by atoms with Gasteiger partial charge in [0.05, 0.1) is 33.0 Å². The molecule has 0 aliphatic heterocycles. The Bertz CT molecular complexity index is 326. The van der Waals surface area contributed by atoms with E-state index in [1.807, 2.05) is 13.8 Å². The quantitative estimate of drug-likeness (QED) is 0.487. The molecular formula is C15H27NO4. The fraction of sp³-hybridized carbons (Fsp3) is 0.933. The van der Waals surface area contributed by atoms with Crippen LogP contribution >= 0.6 is 0 Å². The molecule has 0 amide bonds. The van der Waals surface area contributed by atoms with Crippen molar-refractivity contribution in [2.45, 2.75) is 57.2 Å². The third-order valence-corrected chi connectivity index (χ3v) is 3.87. The Hall–Kier alpha value is -0.650. The molecule has 1 unspecified atom stereocenters. The summed E-state index contributed by atoms with van der Waals surface area (Å²) in [6.07, 6.45) is 4.63. The number of hydrogen-bond acceptors (Lipinski definition) is 5. The summed E-state index contributed by atoms with van der Waals surface area (Å²) in [5.41, 5.74) is -0.645. The van der Waals surface area contributed by atoms with Crippen molar-refractivity contribution in [3.63, 3.8) is 0 Å². The van der Waals surface area contributed by atoms with Gasteiger partial charge in [0, 0.05) is 6.04 Å². The van der Waals surface area contributed by atoms with Crippen LogP contribution in [-0.2, 0) is 19.0 Å². The maximum Gasteiger partial charge on any atom is 0.328 e. The number of carbonyl (C=O) groups excluding carboxylic acids is 1. The van der Waals surface area contributed by atoms with Crippen molar-refractivity contribution in [3.8, 4) is 0 Å². The highest BCUT2D eigenvalue weighted by molar-refractivity contribution is 5.82. The first-order chi connectivity index (χ1) is 9.58. The van der Waals surface area contributed by atoms with E-state index in [9.17, 15) is 4.79 Å². The number of hydrogen-bond donors (Lipinski definition) is 1. The lowest BCUT2D eigenvalue weighted by Crippen LogP contribution is -2.59. The number of methoxy groups -OCH3 is 1. The first-order valence-electron chi connectivity index (χ1n) is 7.64. The van der Waals surface area contributed by atoms with Crippen molar-refractivity contribution in [2.24, 2.45) is 5.92 Å². The van der Waals surface area contributed by atoms with Gasteiger partial charge in [-0.1, -0.05) is 0 Å². The third-order valence-electron chi connectivity index (χ3n) is 3.87. The lowest BCUT2D eigenvalue weighted by atomic mass is 9.94. The van der Waals surface area contributed by atoms with Gasteiger partial charge in [-0.05, 0) is 45.4 Å². The molecule has 2 rings (SSSR count). The molecule has 0 bridgehead atoms. The van der Waals surface area contributed by atoms with Crippen LogP contribution in [0, 0.1) is 5.92 Å². The summed E-state index contributed by atoms with van der Waals surface area (Å²) < 4.78 is 16.2. The lowest BCUT2D eigenvalue weighted by Gasteiger charge is -2.32. The second-order valence-electron chi connectivity index (χ2n) is 6.13.